The van der Waals surface area contributed by atoms with Crippen LogP contribution in [0.2, 0.25) is 0 Å². The highest BCUT2D eigenvalue weighted by atomic mass is 16.5. The van der Waals surface area contributed by atoms with E-state index in [4.69, 9.17) is 4.74 Å². The minimum absolute atomic E-state index is 0.0705. The summed E-state index contributed by atoms with van der Waals surface area (Å²) in [7, 11) is 1.70. The van der Waals surface area contributed by atoms with Gasteiger partial charge in [-0.25, -0.2) is 0 Å². The van der Waals surface area contributed by atoms with E-state index in [0.29, 0.717) is 0 Å². The van der Waals surface area contributed by atoms with E-state index in [1.165, 1.54) is 12.0 Å². The molecule has 1 saturated heterocycles. The van der Waals surface area contributed by atoms with Crippen molar-refractivity contribution in [2.45, 2.75) is 44.7 Å². The van der Waals surface area contributed by atoms with Crippen LogP contribution in [-0.4, -0.2) is 30.4 Å². The van der Waals surface area contributed by atoms with Crippen LogP contribution in [0, 0.1) is 0 Å². The summed E-state index contributed by atoms with van der Waals surface area (Å²) in [4.78, 5) is 15.5. The SMILES string of the molecule is CCC(C(=O)c1ccccc1)N1CCCCC1c1cccc(OC)c1. The molecular formula is C22H27NO2. The van der Waals surface area contributed by atoms with E-state index < -0.39 is 0 Å². The summed E-state index contributed by atoms with van der Waals surface area (Å²) in [6, 6.07) is 18.2. The molecule has 0 amide bonds. The molecule has 0 spiro atoms. The zero-order valence-electron chi connectivity index (χ0n) is 15.2. The molecule has 0 saturated carbocycles. The number of hydrogen-bond acceptors (Lipinski definition) is 3. The van der Waals surface area contributed by atoms with Gasteiger partial charge in [0.25, 0.3) is 0 Å². The van der Waals surface area contributed by atoms with E-state index in [1.807, 2.05) is 42.5 Å². The molecule has 3 heteroatoms. The topological polar surface area (TPSA) is 29.5 Å². The van der Waals surface area contributed by atoms with Gasteiger partial charge >= 0.3 is 0 Å². The number of carbonyl (C=O) groups is 1. The number of benzene rings is 2. The lowest BCUT2D eigenvalue weighted by molar-refractivity contribution is 0.0617. The number of likely N-dealkylation sites (tertiary alicyclic amines) is 1. The Kier molecular flexibility index (Phi) is 5.87. The van der Waals surface area contributed by atoms with E-state index in [2.05, 4.69) is 24.0 Å². The molecule has 3 rings (SSSR count). The van der Waals surface area contributed by atoms with Gasteiger partial charge in [0.2, 0.25) is 0 Å². The van der Waals surface area contributed by atoms with E-state index in [9.17, 15) is 4.79 Å². The molecule has 2 aromatic carbocycles. The first-order valence-electron chi connectivity index (χ1n) is 9.23. The van der Waals surface area contributed by atoms with Gasteiger partial charge in [-0.15, -0.1) is 0 Å². The second-order valence-corrected chi connectivity index (χ2v) is 6.68. The number of methoxy groups -OCH3 is 1. The maximum atomic E-state index is 13.1. The molecule has 2 aromatic rings. The Bertz CT molecular complexity index is 698. The molecule has 1 aliphatic rings. The smallest absolute Gasteiger partial charge is 0.179 e. The minimum Gasteiger partial charge on any atom is -0.497 e. The van der Waals surface area contributed by atoms with Gasteiger partial charge in [-0.05, 0) is 43.5 Å². The van der Waals surface area contributed by atoms with Crippen LogP contribution in [-0.2, 0) is 0 Å². The third-order valence-corrected chi connectivity index (χ3v) is 5.17. The standard InChI is InChI=1S/C22H27NO2/c1-3-20(22(24)17-10-5-4-6-11-17)23-15-8-7-14-21(23)18-12-9-13-19(16-18)25-2/h4-6,9-13,16,20-21H,3,7-8,14-15H2,1-2H3. The van der Waals surface area contributed by atoms with Crippen molar-refractivity contribution >= 4 is 5.78 Å². The fourth-order valence-corrected chi connectivity index (χ4v) is 3.90. The lowest BCUT2D eigenvalue weighted by Crippen LogP contribution is -2.45. The molecule has 2 unspecified atom stereocenters. The molecule has 0 N–H and O–H groups in total. The van der Waals surface area contributed by atoms with E-state index in [0.717, 1.165) is 37.1 Å². The molecule has 1 fully saturated rings. The van der Waals surface area contributed by atoms with Crippen LogP contribution >= 0.6 is 0 Å². The molecule has 1 heterocycles. The van der Waals surface area contributed by atoms with Gasteiger partial charge in [0.05, 0.1) is 13.2 Å². The van der Waals surface area contributed by atoms with Gasteiger partial charge in [-0.2, -0.15) is 0 Å². The van der Waals surface area contributed by atoms with Crippen LogP contribution < -0.4 is 4.74 Å². The first-order valence-corrected chi connectivity index (χ1v) is 9.23. The number of carbonyl (C=O) groups excluding carboxylic acids is 1. The highest BCUT2D eigenvalue weighted by Gasteiger charge is 2.33. The Labute approximate surface area is 150 Å². The van der Waals surface area contributed by atoms with Crippen molar-refractivity contribution in [3.8, 4) is 5.75 Å². The van der Waals surface area contributed by atoms with Crippen molar-refractivity contribution in [2.75, 3.05) is 13.7 Å². The van der Waals surface area contributed by atoms with Crippen LogP contribution in [0.5, 0.6) is 5.75 Å². The van der Waals surface area contributed by atoms with Crippen molar-refractivity contribution < 1.29 is 9.53 Å². The molecule has 2 atom stereocenters. The number of nitrogens with zero attached hydrogens (tertiary/aromatic N) is 1. The normalized spacial score (nSPS) is 19.4. The summed E-state index contributed by atoms with van der Waals surface area (Å²) in [6.45, 7) is 3.09. The molecular weight excluding hydrogens is 310 g/mol. The van der Waals surface area contributed by atoms with E-state index in [1.54, 1.807) is 7.11 Å². The summed E-state index contributed by atoms with van der Waals surface area (Å²) < 4.78 is 5.40. The number of hydrogen-bond donors (Lipinski definition) is 0. The molecule has 0 radical (unpaired) electrons. The Morgan fingerprint density at radius 3 is 2.68 bits per heavy atom. The molecule has 0 aliphatic carbocycles. The third kappa shape index (κ3) is 3.93. The summed E-state index contributed by atoms with van der Waals surface area (Å²) >= 11 is 0. The van der Waals surface area contributed by atoms with Crippen molar-refractivity contribution in [2.24, 2.45) is 0 Å². The largest absolute Gasteiger partial charge is 0.497 e. The zero-order valence-corrected chi connectivity index (χ0v) is 15.2. The van der Waals surface area contributed by atoms with Gasteiger partial charge in [0.1, 0.15) is 5.75 Å². The minimum atomic E-state index is -0.0705. The monoisotopic (exact) mass is 337 g/mol. The molecule has 1 aliphatic heterocycles. The van der Waals surface area contributed by atoms with Crippen LogP contribution in [0.25, 0.3) is 0 Å². The van der Waals surface area contributed by atoms with Gasteiger partial charge in [0, 0.05) is 11.6 Å². The Morgan fingerprint density at radius 1 is 1.16 bits per heavy atom. The number of ketones is 1. The summed E-state index contributed by atoms with van der Waals surface area (Å²) in [5, 5.41) is 0. The van der Waals surface area contributed by atoms with Gasteiger partial charge in [0.15, 0.2) is 5.78 Å². The van der Waals surface area contributed by atoms with Crippen LogP contribution in [0.15, 0.2) is 54.6 Å². The molecule has 132 valence electrons. The van der Waals surface area contributed by atoms with Crippen molar-refractivity contribution in [3.05, 3.63) is 65.7 Å². The van der Waals surface area contributed by atoms with Crippen LogP contribution in [0.3, 0.4) is 0 Å². The number of ether oxygens (including phenoxy) is 1. The van der Waals surface area contributed by atoms with Gasteiger partial charge in [-0.1, -0.05) is 55.8 Å². The maximum absolute atomic E-state index is 13.1. The van der Waals surface area contributed by atoms with Gasteiger partial charge < -0.3 is 4.74 Å². The van der Waals surface area contributed by atoms with Gasteiger partial charge in [-0.3, -0.25) is 9.69 Å². The van der Waals surface area contributed by atoms with Crippen molar-refractivity contribution in [1.29, 1.82) is 0 Å². The first-order chi connectivity index (χ1) is 12.2. The summed E-state index contributed by atoms with van der Waals surface area (Å²) in [5.41, 5.74) is 2.06. The quantitative estimate of drug-likeness (QED) is 0.703. The van der Waals surface area contributed by atoms with E-state index >= 15 is 0 Å². The number of piperidine rings is 1. The fourth-order valence-electron chi connectivity index (χ4n) is 3.90. The first kappa shape index (κ1) is 17.7. The number of Topliss-reactive ketones (excluding diaryl/α,β-unsaturated/α-hetero) is 1. The van der Waals surface area contributed by atoms with Crippen molar-refractivity contribution in [3.63, 3.8) is 0 Å². The summed E-state index contributed by atoms with van der Waals surface area (Å²) in [6.07, 6.45) is 4.27. The molecule has 3 nitrogen and oxygen atoms in total. The van der Waals surface area contributed by atoms with Crippen LogP contribution in [0.4, 0.5) is 0 Å². The Balaban J connectivity index is 1.89. The van der Waals surface area contributed by atoms with E-state index in [-0.39, 0.29) is 17.9 Å². The Hall–Kier alpha value is -2.13. The van der Waals surface area contributed by atoms with Crippen LogP contribution in [0.1, 0.15) is 54.6 Å². The fraction of sp³-hybridized carbons (Fsp3) is 0.409. The lowest BCUT2D eigenvalue weighted by atomic mass is 9.90. The zero-order chi connectivity index (χ0) is 17.6. The predicted octanol–water partition coefficient (Wildman–Crippen LogP) is 4.88. The number of rotatable bonds is 6. The average molecular weight is 337 g/mol. The lowest BCUT2D eigenvalue weighted by Gasteiger charge is -2.40. The molecule has 0 bridgehead atoms. The average Bonchev–Trinajstić information content (AvgIpc) is 2.69. The summed E-state index contributed by atoms with van der Waals surface area (Å²) in [5.74, 6) is 1.11. The predicted molar refractivity (Wildman–Crippen MR) is 101 cm³/mol. The highest BCUT2D eigenvalue weighted by molar-refractivity contribution is 6.00. The van der Waals surface area contributed by atoms with Crippen molar-refractivity contribution in [1.82, 2.24) is 4.90 Å². The third-order valence-electron chi connectivity index (χ3n) is 5.17. The second-order valence-electron chi connectivity index (χ2n) is 6.68. The molecule has 0 aromatic heterocycles. The maximum Gasteiger partial charge on any atom is 0.179 e. The Morgan fingerprint density at radius 2 is 1.96 bits per heavy atom. The second kappa shape index (κ2) is 8.30. The molecule has 25 heavy (non-hydrogen) atoms. The highest BCUT2D eigenvalue weighted by Crippen LogP contribution is 2.35.